The lowest BCUT2D eigenvalue weighted by Crippen LogP contribution is -2.49. The highest BCUT2D eigenvalue weighted by atomic mass is 32.1. The van der Waals surface area contributed by atoms with Gasteiger partial charge in [-0.05, 0) is 31.3 Å². The van der Waals surface area contributed by atoms with Gasteiger partial charge in [0.1, 0.15) is 0 Å². The van der Waals surface area contributed by atoms with Crippen molar-refractivity contribution in [2.75, 3.05) is 18.4 Å². The van der Waals surface area contributed by atoms with Gasteiger partial charge in [0.2, 0.25) is 0 Å². The van der Waals surface area contributed by atoms with Gasteiger partial charge >= 0.3 is 18.2 Å². The molecule has 6 nitrogen and oxygen atoms in total. The van der Waals surface area contributed by atoms with Gasteiger partial charge in [-0.2, -0.15) is 13.2 Å². The largest absolute Gasteiger partial charge is 0.490 e. The van der Waals surface area contributed by atoms with E-state index in [1.54, 1.807) is 11.3 Å². The molecule has 10 heteroatoms. The zero-order valence-electron chi connectivity index (χ0n) is 12.0. The van der Waals surface area contributed by atoms with Crippen molar-refractivity contribution < 1.29 is 27.9 Å². The Labute approximate surface area is 134 Å². The number of urea groups is 1. The van der Waals surface area contributed by atoms with Gasteiger partial charge in [-0.15, -0.1) is 11.3 Å². The summed E-state index contributed by atoms with van der Waals surface area (Å²) in [4.78, 5) is 22.8. The predicted molar refractivity (Wildman–Crippen MR) is 78.5 cm³/mol. The van der Waals surface area contributed by atoms with E-state index < -0.39 is 12.1 Å². The van der Waals surface area contributed by atoms with Crippen LogP contribution in [-0.2, 0) is 11.3 Å². The molecule has 0 radical (unpaired) electrons. The summed E-state index contributed by atoms with van der Waals surface area (Å²) < 4.78 is 31.7. The van der Waals surface area contributed by atoms with E-state index >= 15 is 0 Å². The number of carbonyl (C=O) groups excluding carboxylic acids is 1. The van der Waals surface area contributed by atoms with Crippen LogP contribution in [0.25, 0.3) is 0 Å². The van der Waals surface area contributed by atoms with Crippen LogP contribution >= 0.6 is 11.3 Å². The van der Waals surface area contributed by atoms with Crippen molar-refractivity contribution in [1.82, 2.24) is 10.2 Å². The maximum atomic E-state index is 12.0. The average Bonchev–Trinajstić information content (AvgIpc) is 2.94. The number of nitrogens with one attached hydrogen (secondary N) is 2. The minimum absolute atomic E-state index is 0.0674. The van der Waals surface area contributed by atoms with Crippen LogP contribution in [0.3, 0.4) is 0 Å². The van der Waals surface area contributed by atoms with Crippen molar-refractivity contribution in [3.05, 3.63) is 16.3 Å². The van der Waals surface area contributed by atoms with E-state index in [-0.39, 0.29) is 6.03 Å². The molecule has 1 saturated heterocycles. The molecule has 1 fully saturated rings. The number of aliphatic carboxylic acids is 1. The highest BCUT2D eigenvalue weighted by molar-refractivity contribution is 7.08. The highest BCUT2D eigenvalue weighted by Gasteiger charge is 2.38. The lowest BCUT2D eigenvalue weighted by Gasteiger charge is -2.37. The number of rotatable bonds is 1. The number of amides is 2. The maximum Gasteiger partial charge on any atom is 0.490 e. The number of piperidine rings is 1. The molecule has 1 aromatic heterocycles. The normalized spacial score (nSPS) is 18.6. The second kappa shape index (κ2) is 7.18. The Morgan fingerprint density at radius 1 is 1.30 bits per heavy atom. The zero-order valence-corrected chi connectivity index (χ0v) is 12.8. The summed E-state index contributed by atoms with van der Waals surface area (Å²) in [5.74, 6) is -2.76. The molecule has 3 heterocycles. The first-order valence-corrected chi connectivity index (χ1v) is 7.87. The predicted octanol–water partition coefficient (Wildman–Crippen LogP) is 2.48. The molecule has 0 spiro atoms. The fourth-order valence-electron chi connectivity index (χ4n) is 2.41. The number of carbonyl (C=O) groups is 2. The molecule has 0 bridgehead atoms. The maximum absolute atomic E-state index is 12.0. The summed E-state index contributed by atoms with van der Waals surface area (Å²) in [5.41, 5.74) is 2.25. The first-order valence-electron chi connectivity index (χ1n) is 6.92. The third-order valence-corrected chi connectivity index (χ3v) is 4.37. The smallest absolute Gasteiger partial charge is 0.475 e. The molecule has 2 aliphatic rings. The number of halogens is 3. The van der Waals surface area contributed by atoms with Crippen molar-refractivity contribution in [2.24, 2.45) is 0 Å². The van der Waals surface area contributed by atoms with Crippen molar-refractivity contribution in [2.45, 2.75) is 31.6 Å². The zero-order chi connectivity index (χ0) is 17.0. The van der Waals surface area contributed by atoms with Crippen LogP contribution in [0.15, 0.2) is 10.8 Å². The minimum Gasteiger partial charge on any atom is -0.475 e. The minimum atomic E-state index is -5.08. The number of carboxylic acid groups (broad SMARTS) is 1. The summed E-state index contributed by atoms with van der Waals surface area (Å²) in [6.07, 6.45) is -2.96. The first kappa shape index (κ1) is 17.5. The third-order valence-electron chi connectivity index (χ3n) is 3.58. The first-order chi connectivity index (χ1) is 10.8. The topological polar surface area (TPSA) is 81.7 Å². The lowest BCUT2D eigenvalue weighted by atomic mass is 10.0. The average molecular weight is 351 g/mol. The van der Waals surface area contributed by atoms with Crippen molar-refractivity contribution in [1.29, 1.82) is 0 Å². The van der Waals surface area contributed by atoms with Crippen molar-refractivity contribution in [3.63, 3.8) is 0 Å². The lowest BCUT2D eigenvalue weighted by molar-refractivity contribution is -0.192. The number of anilines is 1. The molecule has 23 heavy (non-hydrogen) atoms. The molecule has 2 amide bonds. The Hall–Kier alpha value is -1.81. The fourth-order valence-corrected chi connectivity index (χ4v) is 3.19. The fraction of sp³-hybridized carbons (Fsp3) is 0.538. The van der Waals surface area contributed by atoms with Gasteiger partial charge in [-0.3, -0.25) is 0 Å². The Morgan fingerprint density at radius 2 is 1.91 bits per heavy atom. The summed E-state index contributed by atoms with van der Waals surface area (Å²) in [6, 6.07) is 0.465. The van der Waals surface area contributed by atoms with Crippen LogP contribution in [0.2, 0.25) is 0 Å². The molecule has 0 aromatic carbocycles. The van der Waals surface area contributed by atoms with E-state index in [0.29, 0.717) is 6.04 Å². The number of fused-ring (bicyclic) bond motifs is 1. The number of carboxylic acids is 1. The van der Waals surface area contributed by atoms with Crippen molar-refractivity contribution in [3.8, 4) is 0 Å². The van der Waals surface area contributed by atoms with Gasteiger partial charge in [0, 0.05) is 17.0 Å². The second-order valence-corrected chi connectivity index (χ2v) is 5.90. The van der Waals surface area contributed by atoms with Crippen LogP contribution in [0.1, 0.15) is 18.4 Å². The van der Waals surface area contributed by atoms with Gasteiger partial charge in [0.25, 0.3) is 0 Å². The van der Waals surface area contributed by atoms with E-state index in [1.165, 1.54) is 5.56 Å². The van der Waals surface area contributed by atoms with Crippen molar-refractivity contribution >= 4 is 29.0 Å². The van der Waals surface area contributed by atoms with E-state index in [9.17, 15) is 18.0 Å². The summed E-state index contributed by atoms with van der Waals surface area (Å²) in [6.45, 7) is 2.81. The molecule has 1 aromatic rings. The summed E-state index contributed by atoms with van der Waals surface area (Å²) in [7, 11) is 0. The number of nitrogens with zero attached hydrogens (tertiary/aromatic N) is 1. The standard InChI is InChI=1S/C11H15N3OS.C2HF3O2/c15-11-13-10-7-16-6-8(10)5-14(11)9-1-3-12-4-2-9;3-2(4,5)1(6)7/h6-7,9,12H,1-5H2,(H,13,15);(H,6,7). The number of hydrogen-bond acceptors (Lipinski definition) is 4. The highest BCUT2D eigenvalue weighted by Crippen LogP contribution is 2.29. The van der Waals surface area contributed by atoms with Gasteiger partial charge in [-0.1, -0.05) is 0 Å². The van der Waals surface area contributed by atoms with Gasteiger partial charge in [0.05, 0.1) is 12.2 Å². The van der Waals surface area contributed by atoms with Crippen LogP contribution in [0.5, 0.6) is 0 Å². The summed E-state index contributed by atoms with van der Waals surface area (Å²) in [5, 5.41) is 17.6. The van der Waals surface area contributed by atoms with Gasteiger partial charge < -0.3 is 20.6 Å². The van der Waals surface area contributed by atoms with E-state index in [0.717, 1.165) is 38.2 Å². The van der Waals surface area contributed by atoms with Crippen LogP contribution in [-0.4, -0.2) is 47.3 Å². The Bertz CT molecular complexity index is 570. The molecule has 0 atom stereocenters. The number of thiophene rings is 1. The molecular formula is C13H16F3N3O3S. The Balaban J connectivity index is 0.000000236. The van der Waals surface area contributed by atoms with E-state index in [4.69, 9.17) is 9.90 Å². The van der Waals surface area contributed by atoms with Crippen LogP contribution < -0.4 is 10.6 Å². The van der Waals surface area contributed by atoms with Gasteiger partial charge in [0.15, 0.2) is 0 Å². The molecule has 2 aliphatic heterocycles. The van der Waals surface area contributed by atoms with Crippen LogP contribution in [0, 0.1) is 0 Å². The molecular weight excluding hydrogens is 335 g/mol. The third kappa shape index (κ3) is 4.58. The van der Waals surface area contributed by atoms with E-state index in [1.807, 2.05) is 10.3 Å². The van der Waals surface area contributed by atoms with Gasteiger partial charge in [-0.25, -0.2) is 9.59 Å². The SMILES string of the molecule is O=C(O)C(F)(F)F.O=C1Nc2cscc2CN1C1CCNCC1. The monoisotopic (exact) mass is 351 g/mol. The Kier molecular flexibility index (Phi) is 5.47. The molecule has 0 aliphatic carbocycles. The number of alkyl halides is 3. The molecule has 0 saturated carbocycles. The Morgan fingerprint density at radius 3 is 2.48 bits per heavy atom. The molecule has 3 N–H and O–H groups in total. The van der Waals surface area contributed by atoms with Crippen LogP contribution in [0.4, 0.5) is 23.7 Å². The second-order valence-electron chi connectivity index (χ2n) is 5.15. The quantitative estimate of drug-likeness (QED) is 0.726. The molecule has 0 unspecified atom stereocenters. The molecule has 128 valence electrons. The van der Waals surface area contributed by atoms with E-state index in [2.05, 4.69) is 16.0 Å². The molecule has 3 rings (SSSR count). The summed E-state index contributed by atoms with van der Waals surface area (Å²) >= 11 is 1.65. The number of hydrogen-bond donors (Lipinski definition) is 3.